The van der Waals surface area contributed by atoms with Gasteiger partial charge in [-0.05, 0) is 11.8 Å². The lowest BCUT2D eigenvalue weighted by atomic mass is 10.4. The van der Waals surface area contributed by atoms with Crippen molar-refractivity contribution in [2.75, 3.05) is 5.75 Å². The van der Waals surface area contributed by atoms with Crippen molar-refractivity contribution in [3.63, 3.8) is 0 Å². The average molecular weight is 171 g/mol. The molecular weight excluding hydrogens is 160 g/mol. The van der Waals surface area contributed by atoms with Gasteiger partial charge in [-0.3, -0.25) is 0 Å². The van der Waals surface area contributed by atoms with Gasteiger partial charge in [-0.25, -0.2) is 9.13 Å². The Kier molecular flexibility index (Phi) is 1.65. The molecule has 1 aromatic heterocycles. The van der Waals surface area contributed by atoms with Gasteiger partial charge >= 0.3 is 5.16 Å². The summed E-state index contributed by atoms with van der Waals surface area (Å²) in [6.45, 7) is 0.739. The lowest BCUT2D eigenvalue weighted by Gasteiger charge is -2.13. The van der Waals surface area contributed by atoms with Crippen molar-refractivity contribution in [2.24, 2.45) is 7.05 Å². The molecule has 0 spiro atoms. The van der Waals surface area contributed by atoms with Crippen LogP contribution >= 0.6 is 11.8 Å². The van der Waals surface area contributed by atoms with E-state index in [4.69, 9.17) is 0 Å². The number of hydrogen-bond donors (Lipinski definition) is 1. The second kappa shape index (κ2) is 2.53. The van der Waals surface area contributed by atoms with E-state index in [2.05, 4.69) is 9.13 Å². The van der Waals surface area contributed by atoms with Gasteiger partial charge in [0, 0.05) is 5.75 Å². The number of nitrogens with zero attached hydrogens (tertiary/aromatic N) is 2. The second-order valence-corrected chi connectivity index (χ2v) is 3.80. The molecule has 0 fully saturated rings. The molecule has 0 unspecified atom stereocenters. The molecule has 60 valence electrons. The number of aryl methyl sites for hydroxylation is 1. The maximum Gasteiger partial charge on any atom is 0.317 e. The van der Waals surface area contributed by atoms with E-state index in [1.54, 1.807) is 11.8 Å². The van der Waals surface area contributed by atoms with Crippen molar-refractivity contribution < 1.29 is 9.67 Å². The highest BCUT2D eigenvalue weighted by molar-refractivity contribution is 7.99. The van der Waals surface area contributed by atoms with Crippen LogP contribution in [-0.4, -0.2) is 21.5 Å². The molecule has 2 heterocycles. The summed E-state index contributed by atoms with van der Waals surface area (Å²) >= 11 is 1.71. The van der Waals surface area contributed by atoms with E-state index in [-0.39, 0.29) is 6.10 Å². The molecule has 2 rings (SSSR count). The molecule has 0 amide bonds. The van der Waals surface area contributed by atoms with E-state index in [1.165, 1.54) is 5.16 Å². The van der Waals surface area contributed by atoms with E-state index >= 15 is 0 Å². The lowest BCUT2D eigenvalue weighted by molar-refractivity contribution is -0.709. The van der Waals surface area contributed by atoms with Gasteiger partial charge in [-0.2, -0.15) is 0 Å². The number of aromatic nitrogens is 2. The summed E-state index contributed by atoms with van der Waals surface area (Å²) < 4.78 is 4.16. The van der Waals surface area contributed by atoms with Crippen LogP contribution in [0.5, 0.6) is 0 Å². The van der Waals surface area contributed by atoms with Crippen molar-refractivity contribution in [3.05, 3.63) is 12.4 Å². The first-order chi connectivity index (χ1) is 5.27. The second-order valence-electron chi connectivity index (χ2n) is 2.81. The van der Waals surface area contributed by atoms with Crippen molar-refractivity contribution in [1.82, 2.24) is 4.57 Å². The van der Waals surface area contributed by atoms with Gasteiger partial charge in [0.1, 0.15) is 25.0 Å². The largest absolute Gasteiger partial charge is 0.388 e. The molecule has 1 aromatic rings. The van der Waals surface area contributed by atoms with Crippen LogP contribution in [0.3, 0.4) is 0 Å². The minimum absolute atomic E-state index is 0.181. The summed E-state index contributed by atoms with van der Waals surface area (Å²) in [6, 6.07) is 0. The SMILES string of the molecule is C[n+]1ccn2c1SC[C@H](O)C2. The number of rotatable bonds is 0. The van der Waals surface area contributed by atoms with Crippen LogP contribution < -0.4 is 4.57 Å². The Hall–Kier alpha value is -0.480. The number of imidazole rings is 1. The molecule has 0 bridgehead atoms. The predicted octanol–water partition coefficient (Wildman–Crippen LogP) is -0.221. The zero-order valence-corrected chi connectivity index (χ0v) is 7.21. The third-order valence-corrected chi connectivity index (χ3v) is 3.16. The van der Waals surface area contributed by atoms with Gasteiger partial charge in [0.15, 0.2) is 0 Å². The Morgan fingerprint density at radius 3 is 3.45 bits per heavy atom. The molecule has 1 aliphatic rings. The number of aliphatic hydroxyl groups excluding tert-OH is 1. The van der Waals surface area contributed by atoms with Crippen LogP contribution in [0.1, 0.15) is 0 Å². The van der Waals surface area contributed by atoms with E-state index < -0.39 is 0 Å². The van der Waals surface area contributed by atoms with E-state index in [9.17, 15) is 5.11 Å². The predicted molar refractivity (Wildman–Crippen MR) is 42.3 cm³/mol. The summed E-state index contributed by atoms with van der Waals surface area (Å²) in [7, 11) is 2.02. The first-order valence-electron chi connectivity index (χ1n) is 3.63. The fraction of sp³-hybridized carbons (Fsp3) is 0.571. The van der Waals surface area contributed by atoms with Crippen LogP contribution in [-0.2, 0) is 13.6 Å². The first-order valence-corrected chi connectivity index (χ1v) is 4.61. The fourth-order valence-electron chi connectivity index (χ4n) is 1.28. The molecule has 0 saturated heterocycles. The van der Waals surface area contributed by atoms with Gasteiger partial charge in [-0.1, -0.05) is 0 Å². The minimum atomic E-state index is -0.181. The molecule has 1 atom stereocenters. The Morgan fingerprint density at radius 2 is 2.64 bits per heavy atom. The summed E-state index contributed by atoms with van der Waals surface area (Å²) in [4.78, 5) is 0. The maximum atomic E-state index is 9.31. The number of fused-ring (bicyclic) bond motifs is 1. The van der Waals surface area contributed by atoms with Crippen LogP contribution in [0.15, 0.2) is 17.6 Å². The van der Waals surface area contributed by atoms with E-state index in [0.717, 1.165) is 12.3 Å². The Morgan fingerprint density at radius 1 is 1.82 bits per heavy atom. The third kappa shape index (κ3) is 1.16. The van der Waals surface area contributed by atoms with E-state index in [1.807, 2.05) is 19.4 Å². The smallest absolute Gasteiger partial charge is 0.317 e. The summed E-state index contributed by atoms with van der Waals surface area (Å²) in [6.07, 6.45) is 3.84. The molecule has 0 radical (unpaired) electrons. The number of hydrogen-bond acceptors (Lipinski definition) is 2. The molecule has 0 aliphatic carbocycles. The summed E-state index contributed by atoms with van der Waals surface area (Å²) in [5.74, 6) is 0.817. The Balaban J connectivity index is 2.36. The summed E-state index contributed by atoms with van der Waals surface area (Å²) in [5, 5.41) is 10.5. The quantitative estimate of drug-likeness (QED) is 0.547. The van der Waals surface area contributed by atoms with Gasteiger partial charge in [0.25, 0.3) is 0 Å². The monoisotopic (exact) mass is 171 g/mol. The molecule has 3 nitrogen and oxygen atoms in total. The topological polar surface area (TPSA) is 29.0 Å². The molecule has 4 heteroatoms. The highest BCUT2D eigenvalue weighted by Crippen LogP contribution is 2.20. The van der Waals surface area contributed by atoms with Crippen molar-refractivity contribution >= 4 is 11.8 Å². The van der Waals surface area contributed by atoms with Crippen molar-refractivity contribution in [3.8, 4) is 0 Å². The maximum absolute atomic E-state index is 9.31. The standard InChI is InChI=1S/C7H11N2OS/c1-8-2-3-9-4-6(10)5-11-7(8)9/h2-3,6,10H,4-5H2,1H3/q+1/t6-/m1/s1. The summed E-state index contributed by atoms with van der Waals surface area (Å²) in [5.41, 5.74) is 0. The molecular formula is C7H11N2OS+. The Bertz CT molecular complexity index is 271. The highest BCUT2D eigenvalue weighted by atomic mass is 32.2. The van der Waals surface area contributed by atoms with Crippen LogP contribution in [0, 0.1) is 0 Å². The average Bonchev–Trinajstić information content (AvgIpc) is 2.32. The zero-order chi connectivity index (χ0) is 7.84. The first kappa shape index (κ1) is 7.18. The molecule has 0 aromatic carbocycles. The number of aliphatic hydroxyl groups is 1. The molecule has 11 heavy (non-hydrogen) atoms. The minimum Gasteiger partial charge on any atom is -0.388 e. The van der Waals surface area contributed by atoms with E-state index in [0.29, 0.717) is 0 Å². The third-order valence-electron chi connectivity index (χ3n) is 1.83. The van der Waals surface area contributed by atoms with Gasteiger partial charge < -0.3 is 5.11 Å². The van der Waals surface area contributed by atoms with Crippen molar-refractivity contribution in [2.45, 2.75) is 17.8 Å². The van der Waals surface area contributed by atoms with Crippen LogP contribution in [0.25, 0.3) is 0 Å². The van der Waals surface area contributed by atoms with Crippen LogP contribution in [0.2, 0.25) is 0 Å². The van der Waals surface area contributed by atoms with Gasteiger partial charge in [-0.15, -0.1) is 0 Å². The highest BCUT2D eigenvalue weighted by Gasteiger charge is 2.24. The molecule has 1 aliphatic heterocycles. The fourth-order valence-corrected chi connectivity index (χ4v) is 2.30. The van der Waals surface area contributed by atoms with Crippen LogP contribution in [0.4, 0.5) is 0 Å². The normalized spacial score (nSPS) is 23.3. The lowest BCUT2D eigenvalue weighted by Crippen LogP contribution is -2.33. The molecule has 1 N–H and O–H groups in total. The zero-order valence-electron chi connectivity index (χ0n) is 6.40. The van der Waals surface area contributed by atoms with Crippen molar-refractivity contribution in [1.29, 1.82) is 0 Å². The Labute approximate surface area is 69.7 Å². The molecule has 0 saturated carbocycles. The number of thioether (sulfide) groups is 1. The van der Waals surface area contributed by atoms with Gasteiger partial charge in [0.05, 0.1) is 7.05 Å². The van der Waals surface area contributed by atoms with Gasteiger partial charge in [0.2, 0.25) is 0 Å².